The molecule has 0 fully saturated rings. The lowest BCUT2D eigenvalue weighted by atomic mass is 10.1. The van der Waals surface area contributed by atoms with Crippen LogP contribution in [-0.2, 0) is 0 Å². The van der Waals surface area contributed by atoms with Crippen molar-refractivity contribution in [3.05, 3.63) is 12.2 Å². The van der Waals surface area contributed by atoms with Gasteiger partial charge in [0.15, 0.2) is 0 Å². The Bertz CT molecular complexity index is 49.2. The van der Waals surface area contributed by atoms with Gasteiger partial charge in [-0.25, -0.2) is 0 Å². The Morgan fingerprint density at radius 1 is 0.857 bits per heavy atom. The van der Waals surface area contributed by atoms with E-state index in [1.165, 1.54) is 25.7 Å². The van der Waals surface area contributed by atoms with E-state index in [2.05, 4.69) is 12.2 Å². The summed E-state index contributed by atoms with van der Waals surface area (Å²) in [6.45, 7) is 0. The summed E-state index contributed by atoms with van der Waals surface area (Å²) in [6, 6.07) is 0. The van der Waals surface area contributed by atoms with E-state index in [1.54, 1.807) is 0 Å². The highest BCUT2D eigenvalue weighted by Crippen LogP contribution is 2.07. The molecule has 42 valence electrons. The Morgan fingerprint density at radius 2 is 1.29 bits per heavy atom. The standard InChI is InChI=1S/C6H10.H2S/c1-2-4-6-5-3-1;/h1-2H,3-6H2;1H2. The minimum atomic E-state index is 0. The quantitative estimate of drug-likeness (QED) is 0.426. The van der Waals surface area contributed by atoms with Crippen molar-refractivity contribution in [2.24, 2.45) is 0 Å². The molecule has 0 saturated heterocycles. The highest BCUT2D eigenvalue weighted by atomic mass is 32.1. The van der Waals surface area contributed by atoms with Crippen LogP contribution in [0.4, 0.5) is 0 Å². The maximum atomic E-state index is 2.27. The molecule has 0 saturated carbocycles. The van der Waals surface area contributed by atoms with Crippen molar-refractivity contribution in [3.63, 3.8) is 0 Å². The molecule has 0 spiro atoms. The van der Waals surface area contributed by atoms with Gasteiger partial charge in [0.1, 0.15) is 0 Å². The van der Waals surface area contributed by atoms with Crippen LogP contribution in [0.15, 0.2) is 12.2 Å². The molecule has 0 N–H and O–H groups in total. The molecule has 0 nitrogen and oxygen atoms in total. The van der Waals surface area contributed by atoms with Crippen molar-refractivity contribution < 1.29 is 0 Å². The largest absolute Gasteiger partial charge is 0.197 e. The number of rotatable bonds is 0. The van der Waals surface area contributed by atoms with Gasteiger partial charge in [-0.05, 0) is 25.7 Å². The molecule has 1 aliphatic rings. The molecular formula is C6H12S. The van der Waals surface area contributed by atoms with Gasteiger partial charge in [-0.1, -0.05) is 12.2 Å². The molecule has 0 aromatic carbocycles. The first kappa shape index (κ1) is 7.09. The Morgan fingerprint density at radius 3 is 1.43 bits per heavy atom. The van der Waals surface area contributed by atoms with Crippen LogP contribution in [0, 0.1) is 0 Å². The van der Waals surface area contributed by atoms with Gasteiger partial charge < -0.3 is 0 Å². The van der Waals surface area contributed by atoms with E-state index >= 15 is 0 Å². The average molecular weight is 116 g/mol. The molecule has 1 rings (SSSR count). The number of allylic oxidation sites excluding steroid dienone is 2. The Kier molecular flexibility index (Phi) is 4.31. The number of hydrogen-bond acceptors (Lipinski definition) is 0. The van der Waals surface area contributed by atoms with Crippen molar-refractivity contribution in [3.8, 4) is 0 Å². The van der Waals surface area contributed by atoms with E-state index in [1.807, 2.05) is 0 Å². The predicted molar refractivity (Wildman–Crippen MR) is 38.0 cm³/mol. The first-order valence-corrected chi connectivity index (χ1v) is 2.65. The van der Waals surface area contributed by atoms with Gasteiger partial charge in [0, 0.05) is 0 Å². The molecular weight excluding hydrogens is 104 g/mol. The van der Waals surface area contributed by atoms with Gasteiger partial charge in [-0.3, -0.25) is 0 Å². The summed E-state index contributed by atoms with van der Waals surface area (Å²) in [7, 11) is 0. The van der Waals surface area contributed by atoms with Crippen LogP contribution in [-0.4, -0.2) is 0 Å². The van der Waals surface area contributed by atoms with Crippen LogP contribution in [0.3, 0.4) is 0 Å². The smallest absolute Gasteiger partial charge is 0.0351 e. The van der Waals surface area contributed by atoms with E-state index in [0.29, 0.717) is 0 Å². The van der Waals surface area contributed by atoms with Gasteiger partial charge in [0.05, 0.1) is 0 Å². The van der Waals surface area contributed by atoms with Gasteiger partial charge in [-0.2, -0.15) is 13.5 Å². The summed E-state index contributed by atoms with van der Waals surface area (Å²) < 4.78 is 0. The molecule has 0 heterocycles. The van der Waals surface area contributed by atoms with Crippen molar-refractivity contribution >= 4 is 13.5 Å². The number of hydrogen-bond donors (Lipinski definition) is 0. The first-order chi connectivity index (χ1) is 3.00. The molecule has 0 aromatic rings. The van der Waals surface area contributed by atoms with Crippen molar-refractivity contribution in [1.29, 1.82) is 0 Å². The normalized spacial score (nSPS) is 18.3. The second kappa shape index (κ2) is 4.25. The summed E-state index contributed by atoms with van der Waals surface area (Å²) in [5.41, 5.74) is 0. The Balaban J connectivity index is 0.000000360. The summed E-state index contributed by atoms with van der Waals surface area (Å²) >= 11 is 0. The monoisotopic (exact) mass is 116 g/mol. The molecule has 0 aromatic heterocycles. The maximum Gasteiger partial charge on any atom is -0.0351 e. The third-order valence-corrected chi connectivity index (χ3v) is 1.16. The van der Waals surface area contributed by atoms with Crippen LogP contribution < -0.4 is 0 Å². The Labute approximate surface area is 52.1 Å². The van der Waals surface area contributed by atoms with E-state index in [0.717, 1.165) is 0 Å². The fourth-order valence-electron chi connectivity index (χ4n) is 0.760. The second-order valence-electron chi connectivity index (χ2n) is 1.76. The SMILES string of the molecule is C1=CCCCC1.S. The lowest BCUT2D eigenvalue weighted by molar-refractivity contribution is 0.730. The van der Waals surface area contributed by atoms with E-state index in [9.17, 15) is 0 Å². The minimum Gasteiger partial charge on any atom is -0.197 e. The summed E-state index contributed by atoms with van der Waals surface area (Å²) in [5, 5.41) is 0. The third-order valence-electron chi connectivity index (χ3n) is 1.16. The first-order valence-electron chi connectivity index (χ1n) is 2.65. The van der Waals surface area contributed by atoms with E-state index in [-0.39, 0.29) is 13.5 Å². The van der Waals surface area contributed by atoms with Gasteiger partial charge in [-0.15, -0.1) is 0 Å². The van der Waals surface area contributed by atoms with Crippen molar-refractivity contribution in [1.82, 2.24) is 0 Å². The molecule has 0 bridgehead atoms. The lowest BCUT2D eigenvalue weighted by Crippen LogP contribution is -1.77. The van der Waals surface area contributed by atoms with Crippen LogP contribution in [0.2, 0.25) is 0 Å². The summed E-state index contributed by atoms with van der Waals surface area (Å²) in [5.74, 6) is 0. The molecule has 0 unspecified atom stereocenters. The summed E-state index contributed by atoms with van der Waals surface area (Å²) in [4.78, 5) is 0. The second-order valence-corrected chi connectivity index (χ2v) is 1.76. The zero-order chi connectivity index (χ0) is 4.24. The van der Waals surface area contributed by atoms with E-state index in [4.69, 9.17) is 0 Å². The van der Waals surface area contributed by atoms with Crippen LogP contribution in [0.25, 0.3) is 0 Å². The van der Waals surface area contributed by atoms with Crippen LogP contribution in [0.5, 0.6) is 0 Å². The van der Waals surface area contributed by atoms with Gasteiger partial charge >= 0.3 is 0 Å². The molecule has 1 heteroatoms. The highest BCUT2D eigenvalue weighted by molar-refractivity contribution is 7.59. The topological polar surface area (TPSA) is 0 Å². The fraction of sp³-hybridized carbons (Fsp3) is 0.667. The van der Waals surface area contributed by atoms with Crippen molar-refractivity contribution in [2.75, 3.05) is 0 Å². The van der Waals surface area contributed by atoms with Crippen LogP contribution >= 0.6 is 13.5 Å². The van der Waals surface area contributed by atoms with Gasteiger partial charge in [0.25, 0.3) is 0 Å². The molecule has 1 aliphatic carbocycles. The Hall–Kier alpha value is 0.0900. The molecule has 0 radical (unpaired) electrons. The van der Waals surface area contributed by atoms with Gasteiger partial charge in [0.2, 0.25) is 0 Å². The molecule has 0 atom stereocenters. The summed E-state index contributed by atoms with van der Waals surface area (Å²) in [6.07, 6.45) is 10.0. The maximum absolute atomic E-state index is 2.27. The van der Waals surface area contributed by atoms with Crippen molar-refractivity contribution in [2.45, 2.75) is 25.7 Å². The predicted octanol–water partition coefficient (Wildman–Crippen LogP) is 2.23. The minimum absolute atomic E-state index is 0. The fourth-order valence-corrected chi connectivity index (χ4v) is 0.760. The molecule has 0 aliphatic heterocycles. The lowest BCUT2D eigenvalue weighted by Gasteiger charge is -1.97. The molecule has 7 heavy (non-hydrogen) atoms. The molecule has 0 amide bonds. The zero-order valence-electron chi connectivity index (χ0n) is 4.48. The average Bonchev–Trinajstić information content (AvgIpc) is 1.72. The zero-order valence-corrected chi connectivity index (χ0v) is 5.48. The van der Waals surface area contributed by atoms with E-state index < -0.39 is 0 Å². The van der Waals surface area contributed by atoms with Crippen LogP contribution in [0.1, 0.15) is 25.7 Å². The third kappa shape index (κ3) is 2.75. The highest BCUT2D eigenvalue weighted by Gasteiger charge is 1.87.